The van der Waals surface area contributed by atoms with E-state index >= 15 is 0 Å². The normalized spacial score (nSPS) is 27.4. The maximum absolute atomic E-state index is 9.73. The minimum Gasteiger partial charge on any atom is -0.393 e. The number of benzene rings is 1. The van der Waals surface area contributed by atoms with Crippen LogP contribution in [-0.4, -0.2) is 32.2 Å². The van der Waals surface area contributed by atoms with E-state index in [1.165, 1.54) is 0 Å². The highest BCUT2D eigenvalue weighted by atomic mass is 35.5. The van der Waals surface area contributed by atoms with Crippen molar-refractivity contribution in [3.63, 3.8) is 0 Å². The number of hydrogen-bond donors (Lipinski definition) is 3. The zero-order valence-electron chi connectivity index (χ0n) is 13.2. The van der Waals surface area contributed by atoms with E-state index < -0.39 is 0 Å². The summed E-state index contributed by atoms with van der Waals surface area (Å²) in [7, 11) is 0. The van der Waals surface area contributed by atoms with E-state index in [0.29, 0.717) is 28.4 Å². The third-order valence-corrected chi connectivity index (χ3v) is 6.46. The standard InChI is InChI=1S/C17H16ClN5OS/c18-14-12(16-21-10-3-1-2-4-11(10)25-16)15(23-17(19)22-14)20-7-5-8-9(6-7)13(8)24/h1-4,7-9,13,24H,5-6H2,(H3,19,20,22,23). The molecule has 0 spiro atoms. The largest absolute Gasteiger partial charge is 0.393 e. The lowest BCUT2D eigenvalue weighted by molar-refractivity contribution is 0.230. The molecule has 25 heavy (non-hydrogen) atoms. The third kappa shape index (κ3) is 2.54. The Labute approximate surface area is 153 Å². The van der Waals surface area contributed by atoms with Gasteiger partial charge in [-0.1, -0.05) is 23.7 Å². The van der Waals surface area contributed by atoms with Crippen LogP contribution in [0.3, 0.4) is 0 Å². The average molecular weight is 374 g/mol. The number of rotatable bonds is 3. The van der Waals surface area contributed by atoms with Crippen molar-refractivity contribution in [2.45, 2.75) is 25.0 Å². The van der Waals surface area contributed by atoms with Gasteiger partial charge < -0.3 is 16.2 Å². The summed E-state index contributed by atoms with van der Waals surface area (Å²) >= 11 is 7.95. The van der Waals surface area contributed by atoms with Gasteiger partial charge in [0.25, 0.3) is 0 Å². The smallest absolute Gasteiger partial charge is 0.223 e. The number of nitrogen functional groups attached to an aromatic ring is 1. The first kappa shape index (κ1) is 15.3. The second-order valence-corrected chi connectivity index (χ2v) is 8.10. The minimum absolute atomic E-state index is 0.124. The first-order valence-electron chi connectivity index (χ1n) is 8.23. The number of hydrogen-bond acceptors (Lipinski definition) is 7. The molecule has 5 rings (SSSR count). The number of halogens is 1. The monoisotopic (exact) mass is 373 g/mol. The lowest BCUT2D eigenvalue weighted by atomic mass is 10.1. The fraction of sp³-hybridized carbons (Fsp3) is 0.353. The van der Waals surface area contributed by atoms with Gasteiger partial charge in [-0.25, -0.2) is 9.97 Å². The Kier molecular flexibility index (Phi) is 3.38. The van der Waals surface area contributed by atoms with Crippen molar-refractivity contribution in [2.75, 3.05) is 11.1 Å². The molecule has 4 N–H and O–H groups in total. The molecule has 2 aromatic heterocycles. The number of nitrogens with two attached hydrogens (primary N) is 1. The van der Waals surface area contributed by atoms with E-state index in [0.717, 1.165) is 28.1 Å². The summed E-state index contributed by atoms with van der Waals surface area (Å²) in [4.78, 5) is 13.2. The van der Waals surface area contributed by atoms with Crippen molar-refractivity contribution in [2.24, 2.45) is 11.8 Å². The van der Waals surface area contributed by atoms with E-state index in [-0.39, 0.29) is 18.1 Å². The molecule has 6 nitrogen and oxygen atoms in total. The molecule has 2 fully saturated rings. The Morgan fingerprint density at radius 2 is 1.92 bits per heavy atom. The van der Waals surface area contributed by atoms with Crippen LogP contribution in [0.15, 0.2) is 24.3 Å². The number of thiazole rings is 1. The van der Waals surface area contributed by atoms with Crippen molar-refractivity contribution < 1.29 is 5.11 Å². The van der Waals surface area contributed by atoms with Gasteiger partial charge in [0, 0.05) is 6.04 Å². The van der Waals surface area contributed by atoms with Gasteiger partial charge in [0.05, 0.1) is 21.9 Å². The van der Waals surface area contributed by atoms with Crippen LogP contribution in [-0.2, 0) is 0 Å². The molecule has 0 aliphatic heterocycles. The molecular formula is C17H16ClN5OS. The Bertz CT molecular complexity index is 932. The fourth-order valence-electron chi connectivity index (χ4n) is 3.84. The molecule has 2 saturated carbocycles. The van der Waals surface area contributed by atoms with E-state index in [1.54, 1.807) is 11.3 Å². The van der Waals surface area contributed by atoms with Crippen molar-refractivity contribution in [1.29, 1.82) is 0 Å². The number of fused-ring (bicyclic) bond motifs is 2. The van der Waals surface area contributed by atoms with Crippen LogP contribution < -0.4 is 11.1 Å². The molecule has 1 aromatic carbocycles. The second-order valence-electron chi connectivity index (χ2n) is 6.71. The molecule has 0 saturated heterocycles. The van der Waals surface area contributed by atoms with Crippen LogP contribution in [0, 0.1) is 11.8 Å². The average Bonchev–Trinajstić information content (AvgIpc) is 2.96. The van der Waals surface area contributed by atoms with Crippen LogP contribution >= 0.6 is 22.9 Å². The zero-order chi connectivity index (χ0) is 17.1. The van der Waals surface area contributed by atoms with Gasteiger partial charge in [-0.2, -0.15) is 4.98 Å². The highest BCUT2D eigenvalue weighted by molar-refractivity contribution is 7.21. The molecule has 0 radical (unpaired) electrons. The number of aromatic nitrogens is 3. The Balaban J connectivity index is 1.54. The summed E-state index contributed by atoms with van der Waals surface area (Å²) in [5, 5.41) is 14.3. The van der Waals surface area contributed by atoms with Crippen LogP contribution in [0.4, 0.5) is 11.8 Å². The first-order valence-corrected chi connectivity index (χ1v) is 9.43. The highest BCUT2D eigenvalue weighted by Crippen LogP contribution is 2.52. The summed E-state index contributed by atoms with van der Waals surface area (Å²) in [6, 6.07) is 8.21. The molecule has 2 atom stereocenters. The van der Waals surface area contributed by atoms with Crippen molar-refractivity contribution in [3.8, 4) is 10.6 Å². The first-order chi connectivity index (χ1) is 12.1. The maximum atomic E-state index is 9.73. The summed E-state index contributed by atoms with van der Waals surface area (Å²) < 4.78 is 1.08. The SMILES string of the molecule is Nc1nc(Cl)c(-c2nc3ccccc3s2)c(NC2CC3C(O)C3C2)n1. The zero-order valence-corrected chi connectivity index (χ0v) is 14.8. The molecule has 0 amide bonds. The molecule has 128 valence electrons. The van der Waals surface area contributed by atoms with Gasteiger partial charge in [0.15, 0.2) is 0 Å². The third-order valence-electron chi connectivity index (χ3n) is 5.13. The fourth-order valence-corrected chi connectivity index (χ4v) is 5.17. The predicted molar refractivity (Wildman–Crippen MR) is 99.7 cm³/mol. The summed E-state index contributed by atoms with van der Waals surface area (Å²) in [5.74, 6) is 1.59. The molecule has 2 heterocycles. The molecule has 2 unspecified atom stereocenters. The summed E-state index contributed by atoms with van der Waals surface area (Å²) in [6.07, 6.45) is 1.75. The van der Waals surface area contributed by atoms with Crippen molar-refractivity contribution in [1.82, 2.24) is 15.0 Å². The van der Waals surface area contributed by atoms with Gasteiger partial charge in [-0.3, -0.25) is 0 Å². The summed E-state index contributed by atoms with van der Waals surface area (Å²) in [6.45, 7) is 0. The number of para-hydroxylation sites is 1. The number of aliphatic hydroxyl groups excluding tert-OH is 1. The number of nitrogens with one attached hydrogen (secondary N) is 1. The quantitative estimate of drug-likeness (QED) is 0.610. The van der Waals surface area contributed by atoms with Crippen LogP contribution in [0.25, 0.3) is 20.8 Å². The van der Waals surface area contributed by atoms with Gasteiger partial charge >= 0.3 is 0 Å². The molecule has 3 aromatic rings. The number of aliphatic hydroxyl groups is 1. The van der Waals surface area contributed by atoms with Crippen molar-refractivity contribution >= 4 is 44.9 Å². The van der Waals surface area contributed by atoms with Gasteiger partial charge in [-0.15, -0.1) is 11.3 Å². The number of anilines is 2. The Hall–Kier alpha value is -1.96. The Morgan fingerprint density at radius 1 is 1.16 bits per heavy atom. The topological polar surface area (TPSA) is 97.0 Å². The lowest BCUT2D eigenvalue weighted by Gasteiger charge is -2.18. The lowest BCUT2D eigenvalue weighted by Crippen LogP contribution is -2.21. The minimum atomic E-state index is -0.124. The van der Waals surface area contributed by atoms with Gasteiger partial charge in [0.2, 0.25) is 5.95 Å². The van der Waals surface area contributed by atoms with E-state index in [9.17, 15) is 5.11 Å². The van der Waals surface area contributed by atoms with Crippen LogP contribution in [0.2, 0.25) is 5.15 Å². The molecular weight excluding hydrogens is 358 g/mol. The van der Waals surface area contributed by atoms with E-state index in [2.05, 4.69) is 20.3 Å². The van der Waals surface area contributed by atoms with Crippen molar-refractivity contribution in [3.05, 3.63) is 29.4 Å². The highest BCUT2D eigenvalue weighted by Gasteiger charge is 2.55. The van der Waals surface area contributed by atoms with E-state index in [4.69, 9.17) is 17.3 Å². The van der Waals surface area contributed by atoms with E-state index in [1.807, 2.05) is 24.3 Å². The summed E-state index contributed by atoms with van der Waals surface area (Å²) in [5.41, 5.74) is 7.43. The van der Waals surface area contributed by atoms with Crippen LogP contribution in [0.5, 0.6) is 0 Å². The van der Waals surface area contributed by atoms with Gasteiger partial charge in [-0.05, 0) is 36.8 Å². The molecule has 0 bridgehead atoms. The Morgan fingerprint density at radius 3 is 2.68 bits per heavy atom. The van der Waals surface area contributed by atoms with Gasteiger partial charge in [0.1, 0.15) is 16.0 Å². The molecule has 2 aliphatic rings. The maximum Gasteiger partial charge on any atom is 0.223 e. The predicted octanol–water partition coefficient (Wildman–Crippen LogP) is 3.17. The molecule has 2 aliphatic carbocycles. The molecule has 8 heteroatoms. The van der Waals surface area contributed by atoms with Crippen LogP contribution in [0.1, 0.15) is 12.8 Å². The second kappa shape index (κ2) is 5.52. The number of nitrogens with zero attached hydrogens (tertiary/aromatic N) is 3.